The van der Waals surface area contributed by atoms with Crippen LogP contribution in [0.3, 0.4) is 0 Å². The van der Waals surface area contributed by atoms with Gasteiger partial charge < -0.3 is 9.47 Å². The highest BCUT2D eigenvalue weighted by molar-refractivity contribution is 5.89. The molecule has 4 nitrogen and oxygen atoms in total. The monoisotopic (exact) mass is 381 g/mol. The molecule has 0 radical (unpaired) electrons. The smallest absolute Gasteiger partial charge is 0.389 e. The summed E-state index contributed by atoms with van der Waals surface area (Å²) in [6.07, 6.45) is -3.17. The van der Waals surface area contributed by atoms with E-state index in [2.05, 4.69) is 4.98 Å². The molecule has 1 atom stereocenters. The second kappa shape index (κ2) is 9.39. The van der Waals surface area contributed by atoms with Crippen LogP contribution in [0.4, 0.5) is 13.2 Å². The SMILES string of the molecule is COc1ccc(C(=O)OCCC[C@H](CC(F)(F)F)c2cc(C)ccn2)cc1. The molecule has 2 rings (SSSR count). The Morgan fingerprint density at radius 3 is 2.48 bits per heavy atom. The lowest BCUT2D eigenvalue weighted by molar-refractivity contribution is -0.139. The predicted octanol–water partition coefficient (Wildman–Crippen LogP) is 5.07. The van der Waals surface area contributed by atoms with E-state index in [0.29, 0.717) is 23.4 Å². The number of carbonyl (C=O) groups is 1. The highest BCUT2D eigenvalue weighted by Crippen LogP contribution is 2.33. The van der Waals surface area contributed by atoms with Crippen molar-refractivity contribution in [3.8, 4) is 5.75 Å². The van der Waals surface area contributed by atoms with Gasteiger partial charge in [0.25, 0.3) is 0 Å². The number of pyridine rings is 1. The molecule has 146 valence electrons. The molecule has 0 bridgehead atoms. The van der Waals surface area contributed by atoms with Crippen LogP contribution in [-0.4, -0.2) is 30.8 Å². The molecule has 0 spiro atoms. The number of ether oxygens (including phenoxy) is 2. The lowest BCUT2D eigenvalue weighted by Crippen LogP contribution is -2.16. The Bertz CT molecular complexity index is 745. The molecule has 0 aliphatic heterocycles. The summed E-state index contributed by atoms with van der Waals surface area (Å²) in [5.41, 5.74) is 1.63. The van der Waals surface area contributed by atoms with Crippen LogP contribution in [-0.2, 0) is 4.74 Å². The van der Waals surface area contributed by atoms with Crippen molar-refractivity contribution in [1.29, 1.82) is 0 Å². The number of halogens is 3. The fourth-order valence-electron chi connectivity index (χ4n) is 2.72. The molecule has 1 heterocycles. The first-order valence-electron chi connectivity index (χ1n) is 8.59. The molecule has 1 aromatic heterocycles. The zero-order valence-electron chi connectivity index (χ0n) is 15.3. The number of carbonyl (C=O) groups excluding carboxylic acids is 1. The van der Waals surface area contributed by atoms with Gasteiger partial charge in [-0.15, -0.1) is 0 Å². The molecule has 0 saturated heterocycles. The molecule has 0 N–H and O–H groups in total. The molecule has 0 fully saturated rings. The fraction of sp³-hybridized carbons (Fsp3) is 0.400. The van der Waals surface area contributed by atoms with Gasteiger partial charge in [-0.1, -0.05) is 0 Å². The first-order chi connectivity index (χ1) is 12.8. The molecule has 0 saturated carbocycles. The number of aromatic nitrogens is 1. The summed E-state index contributed by atoms with van der Waals surface area (Å²) in [6.45, 7) is 1.86. The quantitative estimate of drug-likeness (QED) is 0.473. The van der Waals surface area contributed by atoms with E-state index in [4.69, 9.17) is 9.47 Å². The van der Waals surface area contributed by atoms with Crippen molar-refractivity contribution < 1.29 is 27.4 Å². The number of aryl methyl sites for hydroxylation is 1. The third-order valence-electron chi connectivity index (χ3n) is 4.09. The Hall–Kier alpha value is -2.57. The predicted molar refractivity (Wildman–Crippen MR) is 94.9 cm³/mol. The largest absolute Gasteiger partial charge is 0.497 e. The van der Waals surface area contributed by atoms with E-state index in [1.54, 1.807) is 36.4 Å². The van der Waals surface area contributed by atoms with Crippen LogP contribution in [0, 0.1) is 6.92 Å². The van der Waals surface area contributed by atoms with E-state index in [-0.39, 0.29) is 13.0 Å². The second-order valence-corrected chi connectivity index (χ2v) is 6.28. The van der Waals surface area contributed by atoms with Gasteiger partial charge in [-0.3, -0.25) is 4.98 Å². The standard InChI is InChI=1S/C20H22F3NO3/c1-14-9-10-24-18(12-14)16(13-20(21,22)23)4-3-11-27-19(25)15-5-7-17(26-2)8-6-15/h5-10,12,16H,3-4,11,13H2,1-2H3/t16-/m1/s1. The van der Waals surface area contributed by atoms with Crippen LogP contribution in [0.2, 0.25) is 0 Å². The van der Waals surface area contributed by atoms with Crippen LogP contribution in [0.15, 0.2) is 42.6 Å². The zero-order valence-corrected chi connectivity index (χ0v) is 15.3. The Morgan fingerprint density at radius 1 is 1.19 bits per heavy atom. The number of alkyl halides is 3. The van der Waals surface area contributed by atoms with Gasteiger partial charge in [0.1, 0.15) is 5.75 Å². The van der Waals surface area contributed by atoms with Gasteiger partial charge in [-0.2, -0.15) is 13.2 Å². The average molecular weight is 381 g/mol. The summed E-state index contributed by atoms with van der Waals surface area (Å²) in [7, 11) is 1.52. The maximum atomic E-state index is 12.9. The van der Waals surface area contributed by atoms with E-state index in [9.17, 15) is 18.0 Å². The van der Waals surface area contributed by atoms with Gasteiger partial charge in [0.05, 0.1) is 25.7 Å². The van der Waals surface area contributed by atoms with Gasteiger partial charge in [0, 0.05) is 17.8 Å². The van der Waals surface area contributed by atoms with Crippen LogP contribution in [0.1, 0.15) is 46.8 Å². The molecule has 2 aromatic rings. The first kappa shape index (κ1) is 20.7. The van der Waals surface area contributed by atoms with Crippen molar-refractivity contribution in [2.24, 2.45) is 0 Å². The minimum Gasteiger partial charge on any atom is -0.497 e. The lowest BCUT2D eigenvalue weighted by Gasteiger charge is -2.18. The highest BCUT2D eigenvalue weighted by atomic mass is 19.4. The van der Waals surface area contributed by atoms with Crippen molar-refractivity contribution in [3.63, 3.8) is 0 Å². The maximum absolute atomic E-state index is 12.9. The number of rotatable bonds is 8. The summed E-state index contributed by atoms with van der Waals surface area (Å²) in [6, 6.07) is 9.83. The fourth-order valence-corrected chi connectivity index (χ4v) is 2.72. The number of hydrogen-bond acceptors (Lipinski definition) is 4. The van der Waals surface area contributed by atoms with Crippen molar-refractivity contribution >= 4 is 5.97 Å². The van der Waals surface area contributed by atoms with Crippen molar-refractivity contribution in [3.05, 3.63) is 59.4 Å². The third kappa shape index (κ3) is 6.92. The number of methoxy groups -OCH3 is 1. The normalized spacial score (nSPS) is 12.5. The molecular formula is C20H22F3NO3. The van der Waals surface area contributed by atoms with Crippen molar-refractivity contribution in [2.45, 2.75) is 38.3 Å². The Morgan fingerprint density at radius 2 is 1.89 bits per heavy atom. The van der Waals surface area contributed by atoms with E-state index in [1.165, 1.54) is 13.3 Å². The molecule has 27 heavy (non-hydrogen) atoms. The van der Waals surface area contributed by atoms with E-state index < -0.39 is 24.5 Å². The highest BCUT2D eigenvalue weighted by Gasteiger charge is 2.33. The van der Waals surface area contributed by atoms with Crippen LogP contribution in [0.25, 0.3) is 0 Å². The van der Waals surface area contributed by atoms with Crippen LogP contribution >= 0.6 is 0 Å². The minimum absolute atomic E-state index is 0.0467. The Balaban J connectivity index is 1.89. The average Bonchev–Trinajstić information content (AvgIpc) is 2.63. The van der Waals surface area contributed by atoms with E-state index in [0.717, 1.165) is 5.56 Å². The summed E-state index contributed by atoms with van der Waals surface area (Å²) in [4.78, 5) is 16.1. The molecule has 0 unspecified atom stereocenters. The second-order valence-electron chi connectivity index (χ2n) is 6.28. The molecule has 0 aliphatic rings. The van der Waals surface area contributed by atoms with Gasteiger partial charge >= 0.3 is 12.1 Å². The number of hydrogen-bond donors (Lipinski definition) is 0. The minimum atomic E-state index is -4.28. The number of esters is 1. The summed E-state index contributed by atoms with van der Waals surface area (Å²) in [5.74, 6) is -0.657. The molecule has 0 aliphatic carbocycles. The summed E-state index contributed by atoms with van der Waals surface area (Å²) in [5, 5.41) is 0. The Labute approximate surface area is 156 Å². The van der Waals surface area contributed by atoms with E-state index in [1.807, 2.05) is 6.92 Å². The van der Waals surface area contributed by atoms with Crippen molar-refractivity contribution in [2.75, 3.05) is 13.7 Å². The van der Waals surface area contributed by atoms with E-state index >= 15 is 0 Å². The molecule has 0 amide bonds. The number of benzene rings is 1. The summed E-state index contributed by atoms with van der Waals surface area (Å²) < 4.78 is 48.8. The molecule has 1 aromatic carbocycles. The zero-order chi connectivity index (χ0) is 19.9. The van der Waals surface area contributed by atoms with Gasteiger partial charge in [-0.05, 0) is 61.7 Å². The van der Waals surface area contributed by atoms with Crippen LogP contribution < -0.4 is 4.74 Å². The molecule has 7 heteroatoms. The van der Waals surface area contributed by atoms with Gasteiger partial charge in [-0.25, -0.2) is 4.79 Å². The van der Waals surface area contributed by atoms with Gasteiger partial charge in [0.2, 0.25) is 0 Å². The summed E-state index contributed by atoms with van der Waals surface area (Å²) >= 11 is 0. The molecular weight excluding hydrogens is 359 g/mol. The lowest BCUT2D eigenvalue weighted by atomic mass is 9.94. The first-order valence-corrected chi connectivity index (χ1v) is 8.59. The maximum Gasteiger partial charge on any atom is 0.389 e. The van der Waals surface area contributed by atoms with Crippen molar-refractivity contribution in [1.82, 2.24) is 4.98 Å². The number of nitrogens with zero attached hydrogens (tertiary/aromatic N) is 1. The Kier molecular flexibility index (Phi) is 7.21. The topological polar surface area (TPSA) is 48.4 Å². The van der Waals surface area contributed by atoms with Gasteiger partial charge in [0.15, 0.2) is 0 Å². The third-order valence-corrected chi connectivity index (χ3v) is 4.09. The van der Waals surface area contributed by atoms with Crippen LogP contribution in [0.5, 0.6) is 5.75 Å².